The Bertz CT molecular complexity index is 618. The van der Waals surface area contributed by atoms with Crippen LogP contribution >= 0.6 is 0 Å². The number of ether oxygens (including phenoxy) is 1. The zero-order valence-corrected chi connectivity index (χ0v) is 16.3. The second-order valence-electron chi connectivity index (χ2n) is 7.44. The molecule has 1 fully saturated rings. The number of rotatable bonds is 7. The van der Waals surface area contributed by atoms with Crippen LogP contribution in [-0.4, -0.2) is 43.7 Å². The minimum atomic E-state index is -4.36. The summed E-state index contributed by atoms with van der Waals surface area (Å²) in [5.41, 5.74) is 2.18. The van der Waals surface area contributed by atoms with Gasteiger partial charge in [0.2, 0.25) is 5.91 Å². The van der Waals surface area contributed by atoms with Crippen molar-refractivity contribution in [1.82, 2.24) is 10.2 Å². The standard InChI is InChI=1S/C20H29F3N2O2/c1-14-10-17(11-15(2)19(14)27-13-20(21,22)23)12-25(3)18(26)5-4-16-6-8-24-9-7-16/h10-11,16,24H,4-9,12-13H2,1-3H3. The zero-order chi connectivity index (χ0) is 20.0. The number of carbonyl (C=O) groups excluding carboxylic acids is 1. The summed E-state index contributed by atoms with van der Waals surface area (Å²) in [6.07, 6.45) is -0.679. The Labute approximate surface area is 159 Å². The number of halogens is 3. The fourth-order valence-corrected chi connectivity index (χ4v) is 3.56. The number of hydrogen-bond donors (Lipinski definition) is 1. The number of alkyl halides is 3. The summed E-state index contributed by atoms with van der Waals surface area (Å²) < 4.78 is 42.1. The van der Waals surface area contributed by atoms with Crippen molar-refractivity contribution >= 4 is 5.91 Å². The van der Waals surface area contributed by atoms with Gasteiger partial charge in [-0.2, -0.15) is 13.2 Å². The molecule has 0 radical (unpaired) electrons. The SMILES string of the molecule is Cc1cc(CN(C)C(=O)CCC2CCNCC2)cc(C)c1OCC(F)(F)F. The first-order chi connectivity index (χ1) is 12.7. The van der Waals surface area contributed by atoms with Crippen LogP contribution in [0, 0.1) is 19.8 Å². The van der Waals surface area contributed by atoms with Gasteiger partial charge in [0.1, 0.15) is 5.75 Å². The van der Waals surface area contributed by atoms with Gasteiger partial charge in [-0.1, -0.05) is 12.1 Å². The second kappa shape index (κ2) is 9.44. The van der Waals surface area contributed by atoms with E-state index in [1.165, 1.54) is 0 Å². The van der Waals surface area contributed by atoms with Crippen molar-refractivity contribution in [2.45, 2.75) is 52.3 Å². The maximum Gasteiger partial charge on any atom is 0.422 e. The lowest BCUT2D eigenvalue weighted by Gasteiger charge is -2.24. The van der Waals surface area contributed by atoms with Crippen LogP contribution in [0.2, 0.25) is 0 Å². The first-order valence-electron chi connectivity index (χ1n) is 9.40. The van der Waals surface area contributed by atoms with E-state index in [0.29, 0.717) is 30.0 Å². The number of aryl methyl sites for hydroxylation is 2. The van der Waals surface area contributed by atoms with E-state index in [1.807, 2.05) is 0 Å². The highest BCUT2D eigenvalue weighted by molar-refractivity contribution is 5.75. The molecule has 0 spiro atoms. The van der Waals surface area contributed by atoms with Crippen LogP contribution < -0.4 is 10.1 Å². The highest BCUT2D eigenvalue weighted by atomic mass is 19.4. The van der Waals surface area contributed by atoms with E-state index in [0.717, 1.165) is 37.9 Å². The first kappa shape index (κ1) is 21.5. The van der Waals surface area contributed by atoms with E-state index in [4.69, 9.17) is 4.74 Å². The molecule has 7 heteroatoms. The van der Waals surface area contributed by atoms with Crippen molar-refractivity contribution in [3.8, 4) is 5.75 Å². The van der Waals surface area contributed by atoms with Crippen LogP contribution in [0.5, 0.6) is 5.75 Å². The van der Waals surface area contributed by atoms with Crippen LogP contribution in [0.25, 0.3) is 0 Å². The molecule has 1 amide bonds. The fraction of sp³-hybridized carbons (Fsp3) is 0.650. The van der Waals surface area contributed by atoms with E-state index in [-0.39, 0.29) is 11.7 Å². The molecule has 0 saturated carbocycles. The van der Waals surface area contributed by atoms with Crippen molar-refractivity contribution in [1.29, 1.82) is 0 Å². The molecule has 1 aromatic carbocycles. The summed E-state index contributed by atoms with van der Waals surface area (Å²) in [5.74, 6) is 0.968. The Morgan fingerprint density at radius 2 is 1.81 bits per heavy atom. The topological polar surface area (TPSA) is 41.6 Å². The lowest BCUT2D eigenvalue weighted by atomic mass is 9.93. The van der Waals surface area contributed by atoms with Crippen molar-refractivity contribution in [2.75, 3.05) is 26.7 Å². The van der Waals surface area contributed by atoms with E-state index < -0.39 is 12.8 Å². The molecule has 0 bridgehead atoms. The number of piperidine rings is 1. The number of benzene rings is 1. The summed E-state index contributed by atoms with van der Waals surface area (Å²) in [4.78, 5) is 14.1. The molecular weight excluding hydrogens is 357 g/mol. The minimum Gasteiger partial charge on any atom is -0.484 e. The highest BCUT2D eigenvalue weighted by Crippen LogP contribution is 2.28. The molecule has 0 aromatic heterocycles. The Kier molecular flexibility index (Phi) is 7.53. The van der Waals surface area contributed by atoms with Crippen LogP contribution in [0.1, 0.15) is 42.4 Å². The number of carbonyl (C=O) groups is 1. The predicted octanol–water partition coefficient (Wildman–Crippen LogP) is 3.98. The lowest BCUT2D eigenvalue weighted by molar-refractivity contribution is -0.153. The number of hydrogen-bond acceptors (Lipinski definition) is 3. The fourth-order valence-electron chi connectivity index (χ4n) is 3.56. The lowest BCUT2D eigenvalue weighted by Crippen LogP contribution is -2.30. The summed E-state index contributed by atoms with van der Waals surface area (Å²) in [5, 5.41) is 3.32. The summed E-state index contributed by atoms with van der Waals surface area (Å²) in [6.45, 7) is 4.63. The summed E-state index contributed by atoms with van der Waals surface area (Å²) in [6, 6.07) is 3.57. The van der Waals surface area contributed by atoms with Gasteiger partial charge < -0.3 is 15.0 Å². The van der Waals surface area contributed by atoms with Crippen LogP contribution in [0.4, 0.5) is 13.2 Å². The summed E-state index contributed by atoms with van der Waals surface area (Å²) in [7, 11) is 1.77. The first-order valence-corrected chi connectivity index (χ1v) is 9.40. The van der Waals surface area contributed by atoms with Crippen LogP contribution in [-0.2, 0) is 11.3 Å². The number of nitrogens with one attached hydrogen (secondary N) is 1. The van der Waals surface area contributed by atoms with E-state index in [9.17, 15) is 18.0 Å². The van der Waals surface area contributed by atoms with Gasteiger partial charge in [0, 0.05) is 20.0 Å². The zero-order valence-electron chi connectivity index (χ0n) is 16.3. The maximum atomic E-state index is 12.4. The van der Waals surface area contributed by atoms with Crippen molar-refractivity contribution in [2.24, 2.45) is 5.92 Å². The van der Waals surface area contributed by atoms with Crippen molar-refractivity contribution in [3.63, 3.8) is 0 Å². The Morgan fingerprint density at radius 3 is 2.37 bits per heavy atom. The number of amides is 1. The Morgan fingerprint density at radius 1 is 1.22 bits per heavy atom. The molecule has 152 valence electrons. The third kappa shape index (κ3) is 7.05. The van der Waals surface area contributed by atoms with E-state index in [1.54, 1.807) is 37.9 Å². The van der Waals surface area contributed by atoms with Gasteiger partial charge in [0.15, 0.2) is 6.61 Å². The average Bonchev–Trinajstić information content (AvgIpc) is 2.58. The minimum absolute atomic E-state index is 0.0984. The normalized spacial score (nSPS) is 15.6. The molecule has 27 heavy (non-hydrogen) atoms. The molecule has 1 N–H and O–H groups in total. The van der Waals surface area contributed by atoms with Gasteiger partial charge >= 0.3 is 6.18 Å². The van der Waals surface area contributed by atoms with Crippen molar-refractivity contribution in [3.05, 3.63) is 28.8 Å². The molecule has 1 aliphatic heterocycles. The highest BCUT2D eigenvalue weighted by Gasteiger charge is 2.29. The van der Waals surface area contributed by atoms with Gasteiger partial charge in [-0.15, -0.1) is 0 Å². The van der Waals surface area contributed by atoms with Gasteiger partial charge in [0.05, 0.1) is 0 Å². The van der Waals surface area contributed by atoms with Gasteiger partial charge in [-0.25, -0.2) is 0 Å². The molecule has 1 aromatic rings. The molecule has 1 saturated heterocycles. The molecule has 0 atom stereocenters. The Balaban J connectivity index is 1.90. The Hall–Kier alpha value is -1.76. The van der Waals surface area contributed by atoms with Gasteiger partial charge in [-0.3, -0.25) is 4.79 Å². The predicted molar refractivity (Wildman–Crippen MR) is 98.8 cm³/mol. The van der Waals surface area contributed by atoms with E-state index in [2.05, 4.69) is 5.32 Å². The average molecular weight is 386 g/mol. The smallest absolute Gasteiger partial charge is 0.422 e. The second-order valence-corrected chi connectivity index (χ2v) is 7.44. The number of nitrogens with zero attached hydrogens (tertiary/aromatic N) is 1. The van der Waals surface area contributed by atoms with Gasteiger partial charge in [-0.05, 0) is 68.8 Å². The molecule has 2 rings (SSSR count). The van der Waals surface area contributed by atoms with Crippen LogP contribution in [0.3, 0.4) is 0 Å². The quantitative estimate of drug-likeness (QED) is 0.771. The monoisotopic (exact) mass is 386 g/mol. The van der Waals surface area contributed by atoms with Gasteiger partial charge in [0.25, 0.3) is 0 Å². The van der Waals surface area contributed by atoms with Crippen molar-refractivity contribution < 1.29 is 22.7 Å². The summed E-state index contributed by atoms with van der Waals surface area (Å²) >= 11 is 0. The molecule has 0 unspecified atom stereocenters. The molecule has 4 nitrogen and oxygen atoms in total. The maximum absolute atomic E-state index is 12.4. The third-order valence-corrected chi connectivity index (χ3v) is 4.97. The molecule has 1 heterocycles. The largest absolute Gasteiger partial charge is 0.484 e. The van der Waals surface area contributed by atoms with E-state index >= 15 is 0 Å². The molecule has 0 aliphatic carbocycles. The van der Waals surface area contributed by atoms with Crippen LogP contribution in [0.15, 0.2) is 12.1 Å². The molecule has 1 aliphatic rings. The molecular formula is C20H29F3N2O2. The third-order valence-electron chi connectivity index (χ3n) is 4.97.